The standard InChI is InChI=1S/C10H20O3Si/c1-5-6-13-9(11)8(7(2)3)10(14)12-4/h7H,5-6H2,1-4,14H3. The van der Waals surface area contributed by atoms with Crippen LogP contribution in [0, 0.1) is 5.92 Å². The summed E-state index contributed by atoms with van der Waals surface area (Å²) in [5.74, 6) is -0.0690. The van der Waals surface area contributed by atoms with Crippen molar-refractivity contribution < 1.29 is 14.3 Å². The molecule has 0 saturated heterocycles. The third kappa shape index (κ3) is 3.96. The Hall–Kier alpha value is -0.773. The summed E-state index contributed by atoms with van der Waals surface area (Å²) in [7, 11) is 2.33. The zero-order valence-electron chi connectivity index (χ0n) is 9.72. The van der Waals surface area contributed by atoms with Crippen molar-refractivity contribution in [1.82, 2.24) is 0 Å². The van der Waals surface area contributed by atoms with Crippen LogP contribution in [-0.4, -0.2) is 29.9 Å². The summed E-state index contributed by atoms with van der Waals surface area (Å²) < 4.78 is 10.2. The van der Waals surface area contributed by atoms with Gasteiger partial charge in [0.15, 0.2) is 0 Å². The second-order valence-electron chi connectivity index (χ2n) is 3.46. The molecule has 82 valence electrons. The molecule has 0 aromatic rings. The van der Waals surface area contributed by atoms with E-state index < -0.39 is 0 Å². The summed E-state index contributed by atoms with van der Waals surface area (Å²) in [6, 6.07) is 0. The lowest BCUT2D eigenvalue weighted by Crippen LogP contribution is -2.16. The van der Waals surface area contributed by atoms with Gasteiger partial charge in [-0.15, -0.1) is 0 Å². The molecule has 0 aliphatic carbocycles. The van der Waals surface area contributed by atoms with Gasteiger partial charge in [0.25, 0.3) is 0 Å². The van der Waals surface area contributed by atoms with Crippen LogP contribution in [0.15, 0.2) is 11.0 Å². The minimum absolute atomic E-state index is 0.159. The van der Waals surface area contributed by atoms with Crippen molar-refractivity contribution in [3.05, 3.63) is 11.0 Å². The highest BCUT2D eigenvalue weighted by atomic mass is 28.1. The van der Waals surface area contributed by atoms with E-state index in [1.165, 1.54) is 0 Å². The van der Waals surface area contributed by atoms with Crippen LogP contribution in [0.4, 0.5) is 0 Å². The largest absolute Gasteiger partial charge is 0.507 e. The van der Waals surface area contributed by atoms with Gasteiger partial charge in [-0.2, -0.15) is 0 Å². The molecule has 14 heavy (non-hydrogen) atoms. The molecule has 0 atom stereocenters. The molecular weight excluding hydrogens is 196 g/mol. The van der Waals surface area contributed by atoms with Crippen molar-refractivity contribution in [2.45, 2.75) is 27.2 Å². The number of carbonyl (C=O) groups excluding carboxylic acids is 1. The van der Waals surface area contributed by atoms with Crippen molar-refractivity contribution in [2.24, 2.45) is 5.92 Å². The first-order chi connectivity index (χ1) is 6.54. The van der Waals surface area contributed by atoms with Crippen LogP contribution in [0.2, 0.25) is 0 Å². The molecule has 0 heterocycles. The fourth-order valence-corrected chi connectivity index (χ4v) is 1.95. The van der Waals surface area contributed by atoms with Gasteiger partial charge >= 0.3 is 5.97 Å². The zero-order chi connectivity index (χ0) is 11.1. The second-order valence-corrected chi connectivity index (χ2v) is 4.37. The fraction of sp³-hybridized carbons (Fsp3) is 0.700. The van der Waals surface area contributed by atoms with Gasteiger partial charge in [0.1, 0.15) is 0 Å². The van der Waals surface area contributed by atoms with Gasteiger partial charge in [-0.25, -0.2) is 4.79 Å². The molecule has 0 aliphatic rings. The molecule has 0 aromatic heterocycles. The van der Waals surface area contributed by atoms with E-state index in [9.17, 15) is 4.79 Å². The second kappa shape index (κ2) is 6.65. The molecule has 0 amide bonds. The number of hydrogen-bond donors (Lipinski definition) is 0. The Morgan fingerprint density at radius 2 is 2.00 bits per heavy atom. The van der Waals surface area contributed by atoms with E-state index in [1.807, 2.05) is 20.8 Å². The lowest BCUT2D eigenvalue weighted by molar-refractivity contribution is -0.139. The van der Waals surface area contributed by atoms with E-state index in [4.69, 9.17) is 9.47 Å². The number of esters is 1. The molecule has 0 aromatic carbocycles. The van der Waals surface area contributed by atoms with E-state index in [-0.39, 0.29) is 11.9 Å². The van der Waals surface area contributed by atoms with Crippen molar-refractivity contribution in [1.29, 1.82) is 0 Å². The Morgan fingerprint density at radius 3 is 2.36 bits per heavy atom. The molecule has 3 nitrogen and oxygen atoms in total. The molecule has 0 rings (SSSR count). The molecular formula is C10H20O3Si. The Morgan fingerprint density at radius 1 is 1.43 bits per heavy atom. The topological polar surface area (TPSA) is 35.5 Å². The number of hydrogen-bond acceptors (Lipinski definition) is 3. The van der Waals surface area contributed by atoms with Crippen LogP contribution >= 0.6 is 0 Å². The number of methoxy groups -OCH3 is 1. The zero-order valence-corrected chi connectivity index (χ0v) is 11.7. The van der Waals surface area contributed by atoms with Gasteiger partial charge in [0.2, 0.25) is 0 Å². The predicted molar refractivity (Wildman–Crippen MR) is 60.1 cm³/mol. The summed E-state index contributed by atoms with van der Waals surface area (Å²) in [5, 5.41) is 0.779. The van der Waals surface area contributed by atoms with Crippen molar-refractivity contribution in [3.63, 3.8) is 0 Å². The van der Waals surface area contributed by atoms with Crippen LogP contribution < -0.4 is 0 Å². The maximum Gasteiger partial charge on any atom is 0.337 e. The SMILES string of the molecule is CCCOC(=O)C(=C([SiH3])OC)C(C)C. The quantitative estimate of drug-likeness (QED) is 0.295. The first-order valence-electron chi connectivity index (χ1n) is 4.96. The summed E-state index contributed by atoms with van der Waals surface area (Å²) in [6.07, 6.45) is 0.848. The minimum atomic E-state index is -0.228. The van der Waals surface area contributed by atoms with Gasteiger partial charge in [-0.3, -0.25) is 0 Å². The molecule has 0 unspecified atom stereocenters. The normalized spacial score (nSPS) is 12.6. The van der Waals surface area contributed by atoms with Crippen LogP contribution in [0.1, 0.15) is 27.2 Å². The third-order valence-electron chi connectivity index (χ3n) is 1.92. The smallest absolute Gasteiger partial charge is 0.337 e. The van der Waals surface area contributed by atoms with Gasteiger partial charge in [0.05, 0.1) is 34.9 Å². The first kappa shape index (κ1) is 13.2. The summed E-state index contributed by atoms with van der Waals surface area (Å²) in [5.41, 5.74) is 0.688. The molecule has 0 bridgehead atoms. The number of rotatable bonds is 5. The van der Waals surface area contributed by atoms with Crippen LogP contribution in [-0.2, 0) is 14.3 Å². The lowest BCUT2D eigenvalue weighted by Gasteiger charge is -2.13. The van der Waals surface area contributed by atoms with E-state index in [2.05, 4.69) is 0 Å². The highest BCUT2D eigenvalue weighted by Crippen LogP contribution is 2.15. The lowest BCUT2D eigenvalue weighted by atomic mass is 10.1. The minimum Gasteiger partial charge on any atom is -0.507 e. The monoisotopic (exact) mass is 216 g/mol. The highest BCUT2D eigenvalue weighted by Gasteiger charge is 2.18. The van der Waals surface area contributed by atoms with Gasteiger partial charge in [-0.05, 0) is 12.3 Å². The van der Waals surface area contributed by atoms with Crippen molar-refractivity contribution in [2.75, 3.05) is 13.7 Å². The maximum absolute atomic E-state index is 11.6. The summed E-state index contributed by atoms with van der Waals surface area (Å²) in [4.78, 5) is 11.6. The first-order valence-corrected chi connectivity index (χ1v) is 5.96. The summed E-state index contributed by atoms with van der Waals surface area (Å²) >= 11 is 0. The van der Waals surface area contributed by atoms with Gasteiger partial charge < -0.3 is 9.47 Å². The van der Waals surface area contributed by atoms with E-state index in [0.29, 0.717) is 12.2 Å². The van der Waals surface area contributed by atoms with Gasteiger partial charge in [-0.1, -0.05) is 20.8 Å². The van der Waals surface area contributed by atoms with E-state index >= 15 is 0 Å². The third-order valence-corrected chi connectivity index (χ3v) is 2.87. The highest BCUT2D eigenvalue weighted by molar-refractivity contribution is 6.23. The van der Waals surface area contributed by atoms with Crippen LogP contribution in [0.5, 0.6) is 0 Å². The van der Waals surface area contributed by atoms with E-state index in [0.717, 1.165) is 22.0 Å². The van der Waals surface area contributed by atoms with Crippen molar-refractivity contribution >= 4 is 16.2 Å². The predicted octanol–water partition coefficient (Wildman–Crippen LogP) is 0.819. The van der Waals surface area contributed by atoms with Crippen molar-refractivity contribution in [3.8, 4) is 0 Å². The van der Waals surface area contributed by atoms with E-state index in [1.54, 1.807) is 7.11 Å². The molecule has 0 aliphatic heterocycles. The Labute approximate surface area is 88.9 Å². The average Bonchev–Trinajstić information content (AvgIpc) is 2.14. The van der Waals surface area contributed by atoms with Gasteiger partial charge in [0, 0.05) is 0 Å². The molecule has 0 N–H and O–H groups in total. The van der Waals surface area contributed by atoms with Crippen LogP contribution in [0.25, 0.3) is 0 Å². The molecule has 0 saturated carbocycles. The molecule has 0 radical (unpaired) electrons. The maximum atomic E-state index is 11.6. The van der Waals surface area contributed by atoms with Crippen LogP contribution in [0.3, 0.4) is 0 Å². The Bertz CT molecular complexity index is 221. The fourth-order valence-electron chi connectivity index (χ4n) is 1.17. The Kier molecular flexibility index (Phi) is 6.28. The number of ether oxygens (including phenoxy) is 2. The average molecular weight is 216 g/mol. The molecule has 4 heteroatoms. The summed E-state index contributed by atoms with van der Waals surface area (Å²) in [6.45, 7) is 6.40. The molecule has 0 fully saturated rings. The number of carbonyl (C=O) groups is 1. The Balaban J connectivity index is 4.59. The molecule has 0 spiro atoms.